The predicted octanol–water partition coefficient (Wildman–Crippen LogP) is 0.957. The topological polar surface area (TPSA) is 101 Å². The fourth-order valence-electron chi connectivity index (χ4n) is 2.24. The minimum atomic E-state index is -3.39. The van der Waals surface area contributed by atoms with Crippen molar-refractivity contribution in [1.82, 2.24) is 5.32 Å². The summed E-state index contributed by atoms with van der Waals surface area (Å²) in [5.41, 5.74) is 0. The van der Waals surface area contributed by atoms with Crippen molar-refractivity contribution in [3.05, 3.63) is 22.4 Å². The van der Waals surface area contributed by atoms with Crippen molar-refractivity contribution in [2.75, 3.05) is 5.75 Å². The fraction of sp³-hybridized carbons (Fsp3) is 0.500. The highest BCUT2D eigenvalue weighted by molar-refractivity contribution is 7.93. The summed E-state index contributed by atoms with van der Waals surface area (Å²) >= 11 is 1.33. The van der Waals surface area contributed by atoms with Crippen molar-refractivity contribution >= 4 is 33.1 Å². The quantitative estimate of drug-likeness (QED) is 0.842. The molecule has 0 spiro atoms. The summed E-state index contributed by atoms with van der Waals surface area (Å²) in [6.45, 7) is 0. The highest BCUT2D eigenvalue weighted by Crippen LogP contribution is 2.25. The lowest BCUT2D eigenvalue weighted by molar-refractivity contribution is -0.137. The Morgan fingerprint density at radius 3 is 2.75 bits per heavy atom. The number of carbonyl (C=O) groups is 2. The number of hydrogen-bond donors (Lipinski definition) is 2. The summed E-state index contributed by atoms with van der Waals surface area (Å²) in [5, 5.41) is 12.2. The predicted molar refractivity (Wildman–Crippen MR) is 74.3 cm³/mol. The van der Waals surface area contributed by atoms with Gasteiger partial charge in [0.25, 0.3) is 0 Å². The number of carboxylic acid groups (broad SMARTS) is 1. The van der Waals surface area contributed by atoms with Crippen LogP contribution in [-0.4, -0.2) is 36.4 Å². The minimum absolute atomic E-state index is 0.0215. The van der Waals surface area contributed by atoms with Crippen molar-refractivity contribution in [3.63, 3.8) is 0 Å². The number of sulfone groups is 1. The molecule has 1 aromatic rings. The van der Waals surface area contributed by atoms with E-state index in [1.54, 1.807) is 17.5 Å². The number of thiophene rings is 1. The van der Waals surface area contributed by atoms with E-state index in [-0.39, 0.29) is 12.2 Å². The molecule has 2 N–H and O–H groups in total. The number of carbonyl (C=O) groups excluding carboxylic acids is 1. The maximum absolute atomic E-state index is 12.1. The van der Waals surface area contributed by atoms with Crippen molar-refractivity contribution in [2.45, 2.75) is 30.6 Å². The van der Waals surface area contributed by atoms with Crippen molar-refractivity contribution < 1.29 is 23.1 Å². The van der Waals surface area contributed by atoms with Crippen LogP contribution in [0.15, 0.2) is 17.5 Å². The Labute approximate surface area is 120 Å². The number of hydrogen-bond acceptors (Lipinski definition) is 5. The molecule has 2 atom stereocenters. The SMILES string of the molecule is O=C(O)CC(NC(=O)C1CCCS1(=O)=O)c1cccs1. The third-order valence-corrected chi connectivity index (χ3v) is 6.36. The molecular formula is C12H15NO5S2. The normalized spacial score (nSPS) is 22.3. The summed E-state index contributed by atoms with van der Waals surface area (Å²) < 4.78 is 23.4. The Hall–Kier alpha value is -1.41. The molecule has 0 aliphatic carbocycles. The lowest BCUT2D eigenvalue weighted by Crippen LogP contribution is -2.40. The smallest absolute Gasteiger partial charge is 0.305 e. The maximum Gasteiger partial charge on any atom is 0.305 e. The van der Waals surface area contributed by atoms with Gasteiger partial charge in [-0.05, 0) is 24.3 Å². The Kier molecular flexibility index (Phi) is 4.44. The molecule has 1 amide bonds. The van der Waals surface area contributed by atoms with Crippen LogP contribution in [0.25, 0.3) is 0 Å². The Morgan fingerprint density at radius 1 is 1.50 bits per heavy atom. The first-order chi connectivity index (χ1) is 9.40. The van der Waals surface area contributed by atoms with Gasteiger partial charge in [0.15, 0.2) is 9.84 Å². The van der Waals surface area contributed by atoms with Gasteiger partial charge in [0.2, 0.25) is 5.91 Å². The lowest BCUT2D eigenvalue weighted by atomic mass is 10.1. The molecule has 0 radical (unpaired) electrons. The molecule has 2 heterocycles. The molecule has 20 heavy (non-hydrogen) atoms. The van der Waals surface area contributed by atoms with Crippen LogP contribution in [0.2, 0.25) is 0 Å². The molecule has 0 aromatic carbocycles. The molecule has 1 saturated heterocycles. The summed E-state index contributed by atoms with van der Waals surface area (Å²) in [6.07, 6.45) is 0.514. The number of rotatable bonds is 5. The van der Waals surface area contributed by atoms with Crippen LogP contribution in [0.5, 0.6) is 0 Å². The van der Waals surface area contributed by atoms with Crippen molar-refractivity contribution in [1.29, 1.82) is 0 Å². The number of carboxylic acids is 1. The largest absolute Gasteiger partial charge is 0.481 e. The minimum Gasteiger partial charge on any atom is -0.481 e. The Bertz CT molecular complexity index is 593. The first-order valence-electron chi connectivity index (χ1n) is 6.17. The number of amides is 1. The molecule has 6 nitrogen and oxygen atoms in total. The van der Waals surface area contributed by atoms with Gasteiger partial charge >= 0.3 is 5.97 Å². The maximum atomic E-state index is 12.1. The zero-order chi connectivity index (χ0) is 14.8. The monoisotopic (exact) mass is 317 g/mol. The molecule has 1 aliphatic rings. The third-order valence-electron chi connectivity index (χ3n) is 3.20. The van der Waals surface area contributed by atoms with Crippen LogP contribution in [-0.2, 0) is 19.4 Å². The van der Waals surface area contributed by atoms with Crippen LogP contribution < -0.4 is 5.32 Å². The summed E-state index contributed by atoms with van der Waals surface area (Å²) in [4.78, 5) is 23.6. The molecule has 1 aromatic heterocycles. The lowest BCUT2D eigenvalue weighted by Gasteiger charge is -2.18. The van der Waals surface area contributed by atoms with E-state index >= 15 is 0 Å². The third kappa shape index (κ3) is 3.37. The average molecular weight is 317 g/mol. The van der Waals surface area contributed by atoms with Gasteiger partial charge < -0.3 is 10.4 Å². The molecule has 2 rings (SSSR count). The molecular weight excluding hydrogens is 302 g/mol. The zero-order valence-electron chi connectivity index (χ0n) is 10.6. The van der Waals surface area contributed by atoms with Crippen LogP contribution in [0.4, 0.5) is 0 Å². The summed E-state index contributed by atoms with van der Waals surface area (Å²) in [5.74, 6) is -1.62. The second kappa shape index (κ2) is 5.92. The van der Waals surface area contributed by atoms with Crippen LogP contribution in [0, 0.1) is 0 Å². The molecule has 1 aliphatic heterocycles. The highest BCUT2D eigenvalue weighted by atomic mass is 32.2. The van der Waals surface area contributed by atoms with Gasteiger partial charge in [0, 0.05) is 4.88 Å². The molecule has 0 saturated carbocycles. The Morgan fingerprint density at radius 2 is 2.25 bits per heavy atom. The van der Waals surface area contributed by atoms with Gasteiger partial charge in [-0.25, -0.2) is 8.42 Å². The van der Waals surface area contributed by atoms with Crippen molar-refractivity contribution in [3.8, 4) is 0 Å². The second-order valence-electron chi connectivity index (χ2n) is 4.67. The first kappa shape index (κ1) is 15.0. The van der Waals surface area contributed by atoms with E-state index in [0.717, 1.165) is 0 Å². The van der Waals surface area contributed by atoms with E-state index in [9.17, 15) is 18.0 Å². The van der Waals surface area contributed by atoms with Gasteiger partial charge in [0.05, 0.1) is 18.2 Å². The first-order valence-corrected chi connectivity index (χ1v) is 8.77. The van der Waals surface area contributed by atoms with Gasteiger partial charge in [-0.3, -0.25) is 9.59 Å². The van der Waals surface area contributed by atoms with E-state index < -0.39 is 33.0 Å². The molecule has 110 valence electrons. The second-order valence-corrected chi connectivity index (χ2v) is 7.95. The number of nitrogens with one attached hydrogen (secondary N) is 1. The van der Waals surface area contributed by atoms with Gasteiger partial charge in [-0.1, -0.05) is 6.07 Å². The molecule has 1 fully saturated rings. The van der Waals surface area contributed by atoms with Crippen LogP contribution in [0.1, 0.15) is 30.2 Å². The Balaban J connectivity index is 2.12. The fourth-order valence-corrected chi connectivity index (χ4v) is 4.79. The van der Waals surface area contributed by atoms with E-state index in [2.05, 4.69) is 5.32 Å². The van der Waals surface area contributed by atoms with E-state index in [1.165, 1.54) is 11.3 Å². The average Bonchev–Trinajstić information content (AvgIpc) is 2.96. The van der Waals surface area contributed by atoms with Gasteiger partial charge in [0.1, 0.15) is 5.25 Å². The number of aliphatic carboxylic acids is 1. The molecule has 2 unspecified atom stereocenters. The summed E-state index contributed by atoms with van der Waals surface area (Å²) in [6, 6.07) is 2.80. The van der Waals surface area contributed by atoms with Gasteiger partial charge in [-0.2, -0.15) is 0 Å². The van der Waals surface area contributed by atoms with E-state index in [4.69, 9.17) is 5.11 Å². The zero-order valence-corrected chi connectivity index (χ0v) is 12.2. The van der Waals surface area contributed by atoms with E-state index in [1.807, 2.05) is 0 Å². The summed E-state index contributed by atoms with van der Waals surface area (Å²) in [7, 11) is -3.39. The van der Waals surface area contributed by atoms with Crippen molar-refractivity contribution in [2.24, 2.45) is 0 Å². The van der Waals surface area contributed by atoms with E-state index in [0.29, 0.717) is 17.7 Å². The molecule has 0 bridgehead atoms. The van der Waals surface area contributed by atoms with Crippen LogP contribution >= 0.6 is 11.3 Å². The highest BCUT2D eigenvalue weighted by Gasteiger charge is 2.38. The van der Waals surface area contributed by atoms with Crippen LogP contribution in [0.3, 0.4) is 0 Å². The standard InChI is InChI=1S/C12H15NO5S2/c14-11(15)7-8(9-3-1-5-19-9)13-12(16)10-4-2-6-20(10,17)18/h1,3,5,8,10H,2,4,6-7H2,(H,13,16)(H,14,15). The molecule has 8 heteroatoms. The van der Waals surface area contributed by atoms with Gasteiger partial charge in [-0.15, -0.1) is 11.3 Å².